The summed E-state index contributed by atoms with van der Waals surface area (Å²) in [5.41, 5.74) is 3.58. The van der Waals surface area contributed by atoms with E-state index in [2.05, 4.69) is 4.98 Å². The molecule has 0 amide bonds. The lowest BCUT2D eigenvalue weighted by Crippen LogP contribution is -2.23. The molecular formula is C22H29NO5S. The van der Waals surface area contributed by atoms with Crippen LogP contribution in [-0.4, -0.2) is 44.2 Å². The van der Waals surface area contributed by atoms with Crippen molar-refractivity contribution in [2.24, 2.45) is 0 Å². The Morgan fingerprint density at radius 2 is 1.93 bits per heavy atom. The molecular weight excluding hydrogens is 390 g/mol. The minimum absolute atomic E-state index is 0.0873. The van der Waals surface area contributed by atoms with Crippen molar-refractivity contribution < 1.29 is 22.6 Å². The molecule has 7 heteroatoms. The summed E-state index contributed by atoms with van der Waals surface area (Å²) in [6.07, 6.45) is 1.58. The van der Waals surface area contributed by atoms with E-state index in [9.17, 15) is 8.42 Å². The number of nitrogens with zero attached hydrogens (tertiary/aromatic N) is 1. The van der Waals surface area contributed by atoms with Gasteiger partial charge in [-0.15, -0.1) is 0 Å². The maximum Gasteiger partial charge on any atom is 0.213 e. The molecule has 1 aliphatic rings. The van der Waals surface area contributed by atoms with Gasteiger partial charge in [0.1, 0.15) is 28.3 Å². The second-order valence-electron chi connectivity index (χ2n) is 8.37. The number of hydrogen-bond acceptors (Lipinski definition) is 6. The molecule has 0 saturated heterocycles. The molecule has 0 N–H and O–H groups in total. The molecule has 0 saturated carbocycles. The Balaban J connectivity index is 1.77. The van der Waals surface area contributed by atoms with Gasteiger partial charge in [-0.3, -0.25) is 0 Å². The smallest absolute Gasteiger partial charge is 0.213 e. The van der Waals surface area contributed by atoms with Crippen LogP contribution in [0.25, 0.3) is 11.1 Å². The van der Waals surface area contributed by atoms with Crippen LogP contribution in [0.1, 0.15) is 44.6 Å². The molecule has 3 rings (SSSR count). The molecule has 0 fully saturated rings. The highest BCUT2D eigenvalue weighted by atomic mass is 32.2. The van der Waals surface area contributed by atoms with E-state index < -0.39 is 9.84 Å². The molecule has 0 spiro atoms. The number of pyridine rings is 1. The van der Waals surface area contributed by atoms with Gasteiger partial charge in [-0.1, -0.05) is 18.2 Å². The Kier molecular flexibility index (Phi) is 6.19. The van der Waals surface area contributed by atoms with Gasteiger partial charge in [-0.05, 0) is 40.2 Å². The Morgan fingerprint density at radius 1 is 1.17 bits per heavy atom. The normalized spacial score (nSPS) is 16.4. The number of benzene rings is 1. The van der Waals surface area contributed by atoms with Gasteiger partial charge in [-0.25, -0.2) is 13.4 Å². The fourth-order valence-electron chi connectivity index (χ4n) is 3.36. The van der Waals surface area contributed by atoms with Crippen LogP contribution in [0.4, 0.5) is 0 Å². The van der Waals surface area contributed by atoms with Gasteiger partial charge in [0.05, 0.1) is 18.0 Å². The summed E-state index contributed by atoms with van der Waals surface area (Å²) in [5, 5.41) is 0. The minimum atomic E-state index is -2.98. The maximum atomic E-state index is 11.2. The quantitative estimate of drug-likeness (QED) is 0.629. The molecule has 1 aromatic heterocycles. The van der Waals surface area contributed by atoms with Gasteiger partial charge in [0.15, 0.2) is 0 Å². The molecule has 2 heterocycles. The van der Waals surface area contributed by atoms with E-state index in [1.54, 1.807) is 6.07 Å². The molecule has 2 aromatic rings. The third-order valence-corrected chi connectivity index (χ3v) is 5.56. The van der Waals surface area contributed by atoms with E-state index in [1.165, 1.54) is 6.26 Å². The lowest BCUT2D eigenvalue weighted by Gasteiger charge is -2.24. The first kappa shape index (κ1) is 21.6. The van der Waals surface area contributed by atoms with Crippen LogP contribution in [0.2, 0.25) is 0 Å². The highest BCUT2D eigenvalue weighted by Gasteiger charge is 2.31. The average Bonchev–Trinajstić information content (AvgIpc) is 3.00. The van der Waals surface area contributed by atoms with E-state index in [1.807, 2.05) is 52.0 Å². The molecule has 6 nitrogen and oxygen atoms in total. The van der Waals surface area contributed by atoms with Crippen LogP contribution in [-0.2, 0) is 14.6 Å². The molecule has 1 atom stereocenters. The molecule has 0 unspecified atom stereocenters. The van der Waals surface area contributed by atoms with E-state index in [0.29, 0.717) is 25.5 Å². The minimum Gasteiger partial charge on any atom is -0.489 e. The fraction of sp³-hybridized carbons (Fsp3) is 0.500. The van der Waals surface area contributed by atoms with Crippen LogP contribution in [0, 0.1) is 6.92 Å². The van der Waals surface area contributed by atoms with Crippen molar-refractivity contribution in [2.45, 2.75) is 45.8 Å². The Morgan fingerprint density at radius 3 is 2.59 bits per heavy atom. The third-order valence-electron chi connectivity index (χ3n) is 4.53. The maximum absolute atomic E-state index is 11.2. The summed E-state index contributed by atoms with van der Waals surface area (Å²) in [6, 6.07) is 9.85. The molecule has 1 aliphatic heterocycles. The molecule has 1 aromatic carbocycles. The van der Waals surface area contributed by atoms with Crippen LogP contribution in [0.15, 0.2) is 30.3 Å². The van der Waals surface area contributed by atoms with Crippen LogP contribution in [0.3, 0.4) is 0 Å². The number of fused-ring (bicyclic) bond motifs is 1. The van der Waals surface area contributed by atoms with Crippen molar-refractivity contribution >= 4 is 9.84 Å². The first-order valence-electron chi connectivity index (χ1n) is 9.75. The van der Waals surface area contributed by atoms with Crippen LogP contribution in [0.5, 0.6) is 11.6 Å². The van der Waals surface area contributed by atoms with Gasteiger partial charge in [0.25, 0.3) is 0 Å². The van der Waals surface area contributed by atoms with E-state index in [0.717, 1.165) is 28.1 Å². The van der Waals surface area contributed by atoms with Crippen LogP contribution >= 0.6 is 0 Å². The number of sulfone groups is 1. The second kappa shape index (κ2) is 8.32. The van der Waals surface area contributed by atoms with Gasteiger partial charge < -0.3 is 14.2 Å². The lowest BCUT2D eigenvalue weighted by molar-refractivity contribution is -0.0671. The van der Waals surface area contributed by atoms with E-state index in [-0.39, 0.29) is 17.5 Å². The Labute approximate surface area is 173 Å². The zero-order valence-corrected chi connectivity index (χ0v) is 18.5. The summed E-state index contributed by atoms with van der Waals surface area (Å²) in [6.45, 7) is 8.86. The number of rotatable bonds is 7. The SMILES string of the molecule is Cc1nc(OCCCS(C)(=O)=O)ccc1-c1cccc2c1OC[C@H]2OC(C)(C)C. The predicted octanol–water partition coefficient (Wildman–Crippen LogP) is 4.12. The van der Waals surface area contributed by atoms with Crippen molar-refractivity contribution in [3.8, 4) is 22.8 Å². The molecule has 29 heavy (non-hydrogen) atoms. The highest BCUT2D eigenvalue weighted by Crippen LogP contribution is 2.44. The summed E-state index contributed by atoms with van der Waals surface area (Å²) < 4.78 is 40.1. The topological polar surface area (TPSA) is 74.7 Å². The Bertz CT molecular complexity index is 979. The summed E-state index contributed by atoms with van der Waals surface area (Å²) in [4.78, 5) is 4.53. The lowest BCUT2D eigenvalue weighted by atomic mass is 9.99. The van der Waals surface area contributed by atoms with Gasteiger partial charge in [0, 0.05) is 34.7 Å². The number of para-hydroxylation sites is 1. The summed E-state index contributed by atoms with van der Waals surface area (Å²) >= 11 is 0. The second-order valence-corrected chi connectivity index (χ2v) is 10.6. The van der Waals surface area contributed by atoms with Crippen molar-refractivity contribution in [1.29, 1.82) is 0 Å². The Hall–Kier alpha value is -2.12. The van der Waals surface area contributed by atoms with E-state index >= 15 is 0 Å². The van der Waals surface area contributed by atoms with Crippen molar-refractivity contribution in [2.75, 3.05) is 25.2 Å². The highest BCUT2D eigenvalue weighted by molar-refractivity contribution is 7.90. The predicted molar refractivity (Wildman–Crippen MR) is 113 cm³/mol. The van der Waals surface area contributed by atoms with Crippen molar-refractivity contribution in [3.63, 3.8) is 0 Å². The van der Waals surface area contributed by atoms with Crippen LogP contribution < -0.4 is 9.47 Å². The van der Waals surface area contributed by atoms with Gasteiger partial charge >= 0.3 is 0 Å². The van der Waals surface area contributed by atoms with Gasteiger partial charge in [-0.2, -0.15) is 0 Å². The number of aromatic nitrogens is 1. The molecule has 0 radical (unpaired) electrons. The van der Waals surface area contributed by atoms with Gasteiger partial charge in [0.2, 0.25) is 5.88 Å². The zero-order valence-electron chi connectivity index (χ0n) is 17.7. The zero-order chi connectivity index (χ0) is 21.2. The fourth-order valence-corrected chi connectivity index (χ4v) is 4.00. The molecule has 158 valence electrons. The van der Waals surface area contributed by atoms with E-state index in [4.69, 9.17) is 14.2 Å². The van der Waals surface area contributed by atoms with Crippen molar-refractivity contribution in [1.82, 2.24) is 4.98 Å². The first-order valence-corrected chi connectivity index (χ1v) is 11.8. The summed E-state index contributed by atoms with van der Waals surface area (Å²) in [5.74, 6) is 1.44. The monoisotopic (exact) mass is 419 g/mol. The molecule has 0 aliphatic carbocycles. The number of aryl methyl sites for hydroxylation is 1. The standard InChI is InChI=1S/C22H29NO5S/c1-15-16(10-11-20(23-15)26-12-7-13-29(5,24)25)17-8-6-9-18-19(14-27-21(17)18)28-22(2,3)4/h6,8-11,19H,7,12-14H2,1-5H3/t19-/m1/s1. The summed E-state index contributed by atoms with van der Waals surface area (Å²) in [7, 11) is -2.98. The van der Waals surface area contributed by atoms with Crippen molar-refractivity contribution in [3.05, 3.63) is 41.6 Å². The average molecular weight is 420 g/mol. The number of hydrogen-bond donors (Lipinski definition) is 0. The first-order chi connectivity index (χ1) is 13.5. The third kappa shape index (κ3) is 5.70. The number of ether oxygens (including phenoxy) is 3. The molecule has 0 bridgehead atoms. The largest absolute Gasteiger partial charge is 0.489 e.